The number of ether oxygens (including phenoxy) is 1. The lowest BCUT2D eigenvalue weighted by atomic mass is 10.0. The fourth-order valence-electron chi connectivity index (χ4n) is 5.35. The van der Waals surface area contributed by atoms with Crippen molar-refractivity contribution in [1.29, 1.82) is 0 Å². The number of hydrogen-bond acceptors (Lipinski definition) is 6. The summed E-state index contributed by atoms with van der Waals surface area (Å²) in [6.07, 6.45) is -2.10. The predicted molar refractivity (Wildman–Crippen MR) is 166 cm³/mol. The van der Waals surface area contributed by atoms with Gasteiger partial charge < -0.3 is 10.1 Å². The fraction of sp³-hybridized carbons (Fsp3) is 0.258. The molecular weight excluding hydrogens is 629 g/mol. The minimum atomic E-state index is -4.77. The lowest BCUT2D eigenvalue weighted by Gasteiger charge is -2.22. The van der Waals surface area contributed by atoms with E-state index in [2.05, 4.69) is 25.1 Å². The molecule has 0 spiro atoms. The van der Waals surface area contributed by atoms with E-state index in [1.165, 1.54) is 51.9 Å². The van der Waals surface area contributed by atoms with Crippen LogP contribution in [0.15, 0.2) is 72.0 Å². The summed E-state index contributed by atoms with van der Waals surface area (Å²) < 4.78 is 42.8. The maximum atomic E-state index is 13.0. The van der Waals surface area contributed by atoms with Gasteiger partial charge in [-0.3, -0.25) is 9.69 Å². The molecule has 1 fully saturated rings. The maximum absolute atomic E-state index is 13.0. The highest BCUT2D eigenvalue weighted by Gasteiger charge is 2.33. The van der Waals surface area contributed by atoms with Crippen LogP contribution >= 0.6 is 23.4 Å². The van der Waals surface area contributed by atoms with Crippen LogP contribution in [0, 0.1) is 0 Å². The zero-order valence-electron chi connectivity index (χ0n) is 24.0. The van der Waals surface area contributed by atoms with E-state index in [0.717, 1.165) is 22.3 Å². The Kier molecular flexibility index (Phi) is 8.31. The second-order valence-electron chi connectivity index (χ2n) is 10.9. The average Bonchev–Trinajstić information content (AvgIpc) is 3.70. The van der Waals surface area contributed by atoms with Gasteiger partial charge in [0.1, 0.15) is 12.1 Å². The van der Waals surface area contributed by atoms with Gasteiger partial charge in [-0.1, -0.05) is 55.4 Å². The molecule has 0 bridgehead atoms. The number of urea groups is 1. The van der Waals surface area contributed by atoms with Crippen molar-refractivity contribution < 1.29 is 27.5 Å². The topological polar surface area (TPSA) is 102 Å². The number of aliphatic imine (C=N–C) groups is 1. The number of halogens is 4. The van der Waals surface area contributed by atoms with E-state index in [4.69, 9.17) is 11.6 Å². The maximum Gasteiger partial charge on any atom is 0.573 e. The highest BCUT2D eigenvalue weighted by atomic mass is 35.5. The number of carbonyl (C=O) groups excluding carboxylic acids is 2. The van der Waals surface area contributed by atoms with E-state index in [9.17, 15) is 22.8 Å². The van der Waals surface area contributed by atoms with Gasteiger partial charge in [-0.15, -0.1) is 18.3 Å². The van der Waals surface area contributed by atoms with Crippen molar-refractivity contribution in [1.82, 2.24) is 20.1 Å². The molecule has 6 rings (SSSR count). The van der Waals surface area contributed by atoms with Crippen molar-refractivity contribution in [2.45, 2.75) is 45.0 Å². The second-order valence-corrected chi connectivity index (χ2v) is 12.2. The number of rotatable bonds is 6. The van der Waals surface area contributed by atoms with Gasteiger partial charge in [-0.25, -0.2) is 14.5 Å². The fourth-order valence-corrected chi connectivity index (χ4v) is 6.38. The van der Waals surface area contributed by atoms with Crippen molar-refractivity contribution in [2.75, 3.05) is 10.7 Å². The molecule has 1 aliphatic carbocycles. The van der Waals surface area contributed by atoms with Crippen LogP contribution < -0.4 is 15.0 Å². The summed E-state index contributed by atoms with van der Waals surface area (Å²) in [5.41, 5.74) is 4.94. The Morgan fingerprint density at radius 3 is 2.58 bits per heavy atom. The third-order valence-corrected chi connectivity index (χ3v) is 8.53. The van der Waals surface area contributed by atoms with Gasteiger partial charge >= 0.3 is 12.4 Å². The molecule has 3 aromatic carbocycles. The molecular formula is C31H26ClF3N6O3S. The van der Waals surface area contributed by atoms with Gasteiger partial charge in [-0.2, -0.15) is 4.99 Å². The third-order valence-electron chi connectivity index (χ3n) is 7.37. The summed E-state index contributed by atoms with van der Waals surface area (Å²) in [5.74, 6) is 0.254. The van der Waals surface area contributed by atoms with Crippen LogP contribution in [0.4, 0.5) is 23.7 Å². The number of anilines is 1. The first-order chi connectivity index (χ1) is 21.4. The van der Waals surface area contributed by atoms with Gasteiger partial charge in [0, 0.05) is 16.6 Å². The summed E-state index contributed by atoms with van der Waals surface area (Å²) >= 11 is 7.46. The average molecular weight is 655 g/mol. The number of aromatic nitrogens is 3. The molecule has 3 amide bonds. The van der Waals surface area contributed by atoms with Crippen molar-refractivity contribution in [3.8, 4) is 22.8 Å². The van der Waals surface area contributed by atoms with Gasteiger partial charge in [-0.05, 0) is 77.9 Å². The molecule has 0 radical (unpaired) electrons. The molecule has 232 valence electrons. The summed E-state index contributed by atoms with van der Waals surface area (Å²) in [6.45, 7) is 4.04. The molecule has 1 atom stereocenters. The van der Waals surface area contributed by atoms with E-state index in [-0.39, 0.29) is 29.4 Å². The normalized spacial score (nSPS) is 17.3. The predicted octanol–water partition coefficient (Wildman–Crippen LogP) is 6.92. The highest BCUT2D eigenvalue weighted by Crippen LogP contribution is 2.35. The molecule has 14 heteroatoms. The summed E-state index contributed by atoms with van der Waals surface area (Å²) in [5, 5.41) is 8.25. The molecule has 1 aromatic heterocycles. The molecule has 9 nitrogen and oxygen atoms in total. The van der Waals surface area contributed by atoms with E-state index < -0.39 is 12.4 Å². The Hall–Kier alpha value is -4.36. The largest absolute Gasteiger partial charge is 0.573 e. The van der Waals surface area contributed by atoms with Crippen molar-refractivity contribution in [2.24, 2.45) is 4.99 Å². The van der Waals surface area contributed by atoms with E-state index in [0.29, 0.717) is 40.2 Å². The highest BCUT2D eigenvalue weighted by molar-refractivity contribution is 8.15. The Balaban J connectivity index is 1.13. The first-order valence-electron chi connectivity index (χ1n) is 14.0. The standard InChI is InChI=1S/C31H26ClF3N6O3S/c1-17(2)25-10-5-21(32)14-26(25)41-27(42)15-45-30(41)38-29(43)37-22-12-18-3-4-19(11-20(18)13-22)28-36-16-40(39-28)23-6-8-24(9-7-23)44-31(33,34)35/h3-11,14,16-17,22H,12-13,15H2,1-2H3,(H,37,43). The zero-order chi connectivity index (χ0) is 31.9. The van der Waals surface area contributed by atoms with Crippen LogP contribution in [0.5, 0.6) is 5.75 Å². The molecule has 1 N–H and O–H groups in total. The third kappa shape index (κ3) is 6.84. The quantitative estimate of drug-likeness (QED) is 0.242. The number of nitrogens with zero attached hydrogens (tertiary/aromatic N) is 5. The van der Waals surface area contributed by atoms with Crippen LogP contribution in [0.25, 0.3) is 17.1 Å². The lowest BCUT2D eigenvalue weighted by Crippen LogP contribution is -2.36. The Labute approximate surface area is 265 Å². The Morgan fingerprint density at radius 2 is 1.84 bits per heavy atom. The van der Waals surface area contributed by atoms with Crippen molar-refractivity contribution in [3.63, 3.8) is 0 Å². The van der Waals surface area contributed by atoms with Crippen LogP contribution in [0.2, 0.25) is 5.02 Å². The summed E-state index contributed by atoms with van der Waals surface area (Å²) in [7, 11) is 0. The molecule has 4 aromatic rings. The monoisotopic (exact) mass is 654 g/mol. The minimum absolute atomic E-state index is 0.130. The number of benzene rings is 3. The summed E-state index contributed by atoms with van der Waals surface area (Å²) in [6, 6.07) is 15.8. The number of carbonyl (C=O) groups is 2. The molecule has 45 heavy (non-hydrogen) atoms. The van der Waals surface area contributed by atoms with Gasteiger partial charge in [0.05, 0.1) is 17.1 Å². The number of thioether (sulfide) groups is 1. The van der Waals surface area contributed by atoms with Crippen LogP contribution in [-0.2, 0) is 17.6 Å². The number of nitrogens with one attached hydrogen (secondary N) is 1. The first kappa shape index (κ1) is 30.7. The molecule has 2 aliphatic rings. The van der Waals surface area contributed by atoms with Gasteiger partial charge in [0.15, 0.2) is 11.0 Å². The number of fused-ring (bicyclic) bond motifs is 1. The van der Waals surface area contributed by atoms with Crippen LogP contribution in [0.1, 0.15) is 36.5 Å². The molecule has 1 aliphatic heterocycles. The van der Waals surface area contributed by atoms with Gasteiger partial charge in [0.2, 0.25) is 5.91 Å². The second kappa shape index (κ2) is 12.2. The smallest absolute Gasteiger partial charge is 0.406 e. The first-order valence-corrected chi connectivity index (χ1v) is 15.3. The molecule has 0 saturated carbocycles. The number of hydrogen-bond donors (Lipinski definition) is 1. The number of amides is 3. The van der Waals surface area contributed by atoms with E-state index >= 15 is 0 Å². The Bertz CT molecular complexity index is 1810. The van der Waals surface area contributed by atoms with E-state index in [1.807, 2.05) is 38.1 Å². The SMILES string of the molecule is CC(C)c1ccc(Cl)cc1N1C(=O)CSC1=NC(=O)NC1Cc2ccc(-c3ncn(-c4ccc(OC(F)(F)F)cc4)n3)cc2C1. The molecule has 1 unspecified atom stereocenters. The number of amidine groups is 1. The van der Waals surface area contributed by atoms with E-state index in [1.54, 1.807) is 12.1 Å². The van der Waals surface area contributed by atoms with Crippen molar-refractivity contribution >= 4 is 46.2 Å². The van der Waals surface area contributed by atoms with Crippen molar-refractivity contribution in [3.05, 3.63) is 88.7 Å². The molecule has 1 saturated heterocycles. The zero-order valence-corrected chi connectivity index (χ0v) is 25.6. The summed E-state index contributed by atoms with van der Waals surface area (Å²) in [4.78, 5) is 36.0. The van der Waals surface area contributed by atoms with Crippen LogP contribution in [0.3, 0.4) is 0 Å². The van der Waals surface area contributed by atoms with Crippen LogP contribution in [-0.4, -0.2) is 50.0 Å². The Morgan fingerprint density at radius 1 is 1.09 bits per heavy atom. The van der Waals surface area contributed by atoms with Gasteiger partial charge in [0.25, 0.3) is 0 Å². The number of alkyl halides is 3. The minimum Gasteiger partial charge on any atom is -0.406 e. The lowest BCUT2D eigenvalue weighted by molar-refractivity contribution is -0.274. The molecule has 2 heterocycles.